The van der Waals surface area contributed by atoms with Gasteiger partial charge < -0.3 is 47.3 Å². The summed E-state index contributed by atoms with van der Waals surface area (Å²) in [5.41, 5.74) is 11.1. The molecule has 4 heterocycles. The normalized spacial score (nSPS) is 15.5. The van der Waals surface area contributed by atoms with Crippen molar-refractivity contribution in [1.29, 1.82) is 0 Å². The Balaban J connectivity index is 1.14. The summed E-state index contributed by atoms with van der Waals surface area (Å²) < 4.78 is 0. The van der Waals surface area contributed by atoms with Crippen LogP contribution in [0.3, 0.4) is 0 Å². The third kappa shape index (κ3) is 10.7. The minimum atomic E-state index is -1.05. The van der Waals surface area contributed by atoms with Gasteiger partial charge in [-0.1, -0.05) is 111 Å². The molecule has 0 bridgehead atoms. The fraction of sp³-hybridized carbons (Fsp3) is 0.294. The molecule has 1 saturated heterocycles. The summed E-state index contributed by atoms with van der Waals surface area (Å²) >= 11 is 0. The van der Waals surface area contributed by atoms with E-state index in [-0.39, 0.29) is 49.0 Å². The average Bonchev–Trinajstić information content (AvgIpc) is 4.16. The van der Waals surface area contributed by atoms with Crippen molar-refractivity contribution in [2.24, 2.45) is 11.7 Å². The van der Waals surface area contributed by atoms with Crippen LogP contribution in [0.25, 0.3) is 33.1 Å². The first kappa shape index (κ1) is 45.1. The van der Waals surface area contributed by atoms with E-state index in [1.807, 2.05) is 129 Å². The Morgan fingerprint density at radius 2 is 1.30 bits per heavy atom. The van der Waals surface area contributed by atoms with Crippen LogP contribution in [0.15, 0.2) is 122 Å². The number of fused-ring (bicyclic) bond motifs is 2. The Hall–Kier alpha value is -7.52. The van der Waals surface area contributed by atoms with Crippen LogP contribution in [-0.2, 0) is 38.4 Å². The quantitative estimate of drug-likeness (QED) is 0.0521. The molecule has 5 amide bonds. The highest BCUT2D eigenvalue weighted by atomic mass is 16.2. The Morgan fingerprint density at radius 3 is 1.97 bits per heavy atom. The lowest BCUT2D eigenvalue weighted by atomic mass is 10.0. The molecule has 4 aromatic carbocycles. The zero-order chi connectivity index (χ0) is 46.2. The zero-order valence-corrected chi connectivity index (χ0v) is 37.0. The van der Waals surface area contributed by atoms with Gasteiger partial charge >= 0.3 is 0 Å². The topological polar surface area (TPSA) is 232 Å². The maximum atomic E-state index is 14.8. The van der Waals surface area contributed by atoms with Crippen molar-refractivity contribution >= 4 is 51.3 Å². The van der Waals surface area contributed by atoms with Gasteiger partial charge in [0, 0.05) is 52.6 Å². The fourth-order valence-corrected chi connectivity index (χ4v) is 8.71. The summed E-state index contributed by atoms with van der Waals surface area (Å²) in [4.78, 5) is 84.8. The molecule has 1 aliphatic heterocycles. The molecule has 1 fully saturated rings. The van der Waals surface area contributed by atoms with E-state index in [4.69, 9.17) is 10.7 Å². The molecule has 15 nitrogen and oxygen atoms in total. The van der Waals surface area contributed by atoms with Gasteiger partial charge in [0.05, 0.1) is 12.1 Å². The number of amides is 5. The molecule has 15 heteroatoms. The number of primary amides is 1. The number of nitrogens with zero attached hydrogens (tertiary/aromatic N) is 1. The molecule has 0 aliphatic carbocycles. The first-order chi connectivity index (χ1) is 32.0. The number of hydrogen-bond donors (Lipinski definition) is 9. The summed E-state index contributed by atoms with van der Waals surface area (Å²) in [6.07, 6.45) is 6.07. The third-order valence-electron chi connectivity index (χ3n) is 12.1. The number of aromatic nitrogens is 4. The second kappa shape index (κ2) is 20.5. The Labute approximate surface area is 382 Å². The van der Waals surface area contributed by atoms with Crippen molar-refractivity contribution in [3.63, 3.8) is 0 Å². The van der Waals surface area contributed by atoms with Crippen LogP contribution < -0.4 is 32.3 Å². The maximum absolute atomic E-state index is 14.8. The van der Waals surface area contributed by atoms with Gasteiger partial charge in [0.25, 0.3) is 5.91 Å². The van der Waals surface area contributed by atoms with Gasteiger partial charge in [-0.15, -0.1) is 0 Å². The number of imidazole rings is 1. The molecule has 8 rings (SSSR count). The van der Waals surface area contributed by atoms with Gasteiger partial charge in [-0.05, 0) is 67.0 Å². The van der Waals surface area contributed by atoms with Crippen molar-refractivity contribution in [2.45, 2.75) is 82.6 Å². The largest absolute Gasteiger partial charge is 0.368 e. The molecular formula is C51H56N10O5. The molecule has 3 aromatic heterocycles. The van der Waals surface area contributed by atoms with Crippen LogP contribution in [0, 0.1) is 5.92 Å². The van der Waals surface area contributed by atoms with E-state index in [2.05, 4.69) is 41.5 Å². The predicted molar refractivity (Wildman–Crippen MR) is 254 cm³/mol. The predicted octanol–water partition coefficient (Wildman–Crippen LogP) is 5.28. The molecule has 10 N–H and O–H groups in total. The lowest BCUT2D eigenvalue weighted by Gasteiger charge is -2.24. The van der Waals surface area contributed by atoms with Crippen LogP contribution in [0.1, 0.15) is 72.2 Å². The SMILES string of the molecule is CC(C)CC(NC(=O)c1[nH]c(C(Cc2ccccc2)NC(=O)C(Cc2c[nH]c3ccccc23)NC(=O)C2CCCN2)nc1-c1c[nH]c2ccccc12)C(=O)NC(Cc1ccccc1)C(N)=O. The highest BCUT2D eigenvalue weighted by Gasteiger charge is 2.33. The van der Waals surface area contributed by atoms with Crippen LogP contribution in [-0.4, -0.2) is 80.2 Å². The van der Waals surface area contributed by atoms with Crippen molar-refractivity contribution in [3.05, 3.63) is 150 Å². The van der Waals surface area contributed by atoms with E-state index >= 15 is 0 Å². The summed E-state index contributed by atoms with van der Waals surface area (Å²) in [6.45, 7) is 4.58. The molecule has 7 aromatic rings. The first-order valence-electron chi connectivity index (χ1n) is 22.5. The number of carbonyl (C=O) groups is 5. The third-order valence-corrected chi connectivity index (χ3v) is 12.1. The monoisotopic (exact) mass is 888 g/mol. The number of carbonyl (C=O) groups excluding carboxylic acids is 5. The minimum absolute atomic E-state index is 0.0276. The number of benzene rings is 4. The number of nitrogens with one attached hydrogen (secondary N) is 8. The van der Waals surface area contributed by atoms with E-state index in [1.165, 1.54) is 0 Å². The van der Waals surface area contributed by atoms with E-state index in [0.717, 1.165) is 51.5 Å². The molecule has 0 radical (unpaired) electrons. The summed E-state index contributed by atoms with van der Waals surface area (Å²) in [7, 11) is 0. The fourth-order valence-electron chi connectivity index (χ4n) is 8.71. The van der Waals surface area contributed by atoms with Crippen LogP contribution in [0.5, 0.6) is 0 Å². The van der Waals surface area contributed by atoms with Crippen molar-refractivity contribution < 1.29 is 24.0 Å². The highest BCUT2D eigenvalue weighted by molar-refractivity contribution is 6.05. The van der Waals surface area contributed by atoms with Gasteiger partial charge in [0.1, 0.15) is 35.3 Å². The smallest absolute Gasteiger partial charge is 0.270 e. The van der Waals surface area contributed by atoms with Gasteiger partial charge in [0.2, 0.25) is 23.6 Å². The molecule has 5 atom stereocenters. The standard InChI is InChI=1S/C51H56N10O5/c1-30(2)24-42(49(64)56-40(46(52)62)25-31-14-5-3-6-15-31)59-51(66)45-44(36-29-55-38-21-12-10-19-35(36)38)60-47(61-45)41(26-32-16-7-4-8-17-32)57-50(65)43(58-48(63)39-22-13-23-53-39)27-33-28-54-37-20-11-9-18-34(33)37/h3-12,14-21,28-30,39-43,53-55H,13,22-27H2,1-2H3,(H2,52,62)(H,56,64)(H,57,65)(H,58,63)(H,59,66)(H,60,61). The van der Waals surface area contributed by atoms with Gasteiger partial charge in [-0.25, -0.2) is 4.98 Å². The number of hydrogen-bond acceptors (Lipinski definition) is 7. The Morgan fingerprint density at radius 1 is 0.682 bits per heavy atom. The highest BCUT2D eigenvalue weighted by Crippen LogP contribution is 2.32. The van der Waals surface area contributed by atoms with E-state index < -0.39 is 53.8 Å². The van der Waals surface area contributed by atoms with Crippen molar-refractivity contribution in [3.8, 4) is 11.3 Å². The Kier molecular flexibility index (Phi) is 14.0. The molecule has 0 spiro atoms. The number of rotatable bonds is 19. The van der Waals surface area contributed by atoms with Crippen molar-refractivity contribution in [2.75, 3.05) is 6.54 Å². The molecular weight excluding hydrogens is 833 g/mol. The second-order valence-corrected chi connectivity index (χ2v) is 17.4. The zero-order valence-electron chi connectivity index (χ0n) is 37.0. The lowest BCUT2D eigenvalue weighted by molar-refractivity contribution is -0.130. The van der Waals surface area contributed by atoms with Crippen molar-refractivity contribution in [1.82, 2.24) is 46.5 Å². The average molecular weight is 889 g/mol. The van der Waals surface area contributed by atoms with Gasteiger partial charge in [-0.3, -0.25) is 24.0 Å². The van der Waals surface area contributed by atoms with Crippen LogP contribution >= 0.6 is 0 Å². The number of aromatic amines is 3. The lowest BCUT2D eigenvalue weighted by Crippen LogP contribution is -2.54. The van der Waals surface area contributed by atoms with E-state index in [9.17, 15) is 24.0 Å². The summed E-state index contributed by atoms with van der Waals surface area (Å²) in [6, 6.07) is 30.0. The molecule has 0 saturated carbocycles. The Bertz CT molecular complexity index is 2810. The van der Waals surface area contributed by atoms with Gasteiger partial charge in [-0.2, -0.15) is 0 Å². The van der Waals surface area contributed by atoms with Crippen LogP contribution in [0.4, 0.5) is 0 Å². The summed E-state index contributed by atoms with van der Waals surface area (Å²) in [5, 5.41) is 17.0. The second-order valence-electron chi connectivity index (χ2n) is 17.4. The molecule has 66 heavy (non-hydrogen) atoms. The number of H-pyrrole nitrogens is 3. The molecule has 1 aliphatic rings. The number of para-hydroxylation sites is 2. The molecule has 340 valence electrons. The van der Waals surface area contributed by atoms with Gasteiger partial charge in [0.15, 0.2) is 0 Å². The van der Waals surface area contributed by atoms with E-state index in [1.54, 1.807) is 6.20 Å². The summed E-state index contributed by atoms with van der Waals surface area (Å²) in [5.74, 6) is -2.31. The maximum Gasteiger partial charge on any atom is 0.270 e. The van der Waals surface area contributed by atoms with Crippen LogP contribution in [0.2, 0.25) is 0 Å². The minimum Gasteiger partial charge on any atom is -0.368 e. The first-order valence-corrected chi connectivity index (χ1v) is 22.5. The molecule has 5 unspecified atom stereocenters. The van der Waals surface area contributed by atoms with E-state index in [0.29, 0.717) is 17.7 Å². The number of nitrogens with two attached hydrogens (primary N) is 1.